The maximum Gasteiger partial charge on any atom is 0.280 e. The number of halogens is 1. The lowest BCUT2D eigenvalue weighted by molar-refractivity contribution is -0.387. The molecule has 0 bridgehead atoms. The van der Waals surface area contributed by atoms with Gasteiger partial charge >= 0.3 is 0 Å². The molecule has 3 aliphatic rings. The van der Waals surface area contributed by atoms with Gasteiger partial charge in [-0.2, -0.15) is 0 Å². The highest BCUT2D eigenvalue weighted by atomic mass is 35.5. The van der Waals surface area contributed by atoms with Gasteiger partial charge in [0.05, 0.1) is 4.92 Å². The number of aliphatic hydroxyl groups is 1. The van der Waals surface area contributed by atoms with E-state index in [2.05, 4.69) is 6.92 Å². The predicted octanol–water partition coefficient (Wildman–Crippen LogP) is 3.59. The molecule has 0 amide bonds. The average molecular weight is 372 g/mol. The van der Waals surface area contributed by atoms with E-state index in [4.69, 9.17) is 16.3 Å². The summed E-state index contributed by atoms with van der Waals surface area (Å²) in [5, 5.41) is 22.7. The number of nitro groups is 1. The Labute approximate surface area is 153 Å². The van der Waals surface area contributed by atoms with Crippen molar-refractivity contribution in [1.82, 2.24) is 0 Å². The smallest absolute Gasteiger partial charge is 0.280 e. The molecule has 2 aromatic carbocycles. The number of rotatable bonds is 2. The zero-order chi connectivity index (χ0) is 18.4. The van der Waals surface area contributed by atoms with Crippen LogP contribution in [0.2, 0.25) is 0 Å². The lowest BCUT2D eigenvalue weighted by Gasteiger charge is -2.27. The van der Waals surface area contributed by atoms with Crippen LogP contribution in [0.15, 0.2) is 36.4 Å². The van der Waals surface area contributed by atoms with Gasteiger partial charge in [-0.05, 0) is 29.9 Å². The molecule has 1 saturated carbocycles. The van der Waals surface area contributed by atoms with Crippen LogP contribution in [0.3, 0.4) is 0 Å². The van der Waals surface area contributed by atoms with Crippen LogP contribution in [0.5, 0.6) is 5.75 Å². The first-order valence-electron chi connectivity index (χ1n) is 8.36. The van der Waals surface area contributed by atoms with Crippen molar-refractivity contribution >= 4 is 23.1 Å². The molecular weight excluding hydrogens is 358 g/mol. The molecule has 6 nitrogen and oxygen atoms in total. The number of ether oxygens (including phenoxy) is 1. The molecule has 132 valence electrons. The van der Waals surface area contributed by atoms with Crippen molar-refractivity contribution < 1.29 is 19.6 Å². The Bertz CT molecular complexity index is 1020. The Kier molecular flexibility index (Phi) is 2.81. The van der Waals surface area contributed by atoms with Crippen molar-refractivity contribution in [2.75, 3.05) is 0 Å². The van der Waals surface area contributed by atoms with Gasteiger partial charge in [-0.1, -0.05) is 42.8 Å². The number of ketones is 1. The van der Waals surface area contributed by atoms with E-state index < -0.39 is 21.4 Å². The van der Waals surface area contributed by atoms with E-state index in [0.717, 1.165) is 12.0 Å². The molecule has 0 aromatic heterocycles. The molecule has 1 heterocycles. The van der Waals surface area contributed by atoms with E-state index in [1.54, 1.807) is 12.1 Å². The van der Waals surface area contributed by atoms with Crippen molar-refractivity contribution in [2.24, 2.45) is 5.92 Å². The summed E-state index contributed by atoms with van der Waals surface area (Å²) >= 11 is 6.66. The highest BCUT2D eigenvalue weighted by Gasteiger charge is 2.72. The zero-order valence-corrected chi connectivity index (χ0v) is 14.5. The molecule has 1 N–H and O–H groups in total. The third kappa shape index (κ3) is 1.64. The topological polar surface area (TPSA) is 89.7 Å². The van der Waals surface area contributed by atoms with Gasteiger partial charge in [0.25, 0.3) is 11.5 Å². The molecule has 0 spiro atoms. The monoisotopic (exact) mass is 371 g/mol. The number of nitrogens with zero attached hydrogens (tertiary/aromatic N) is 1. The van der Waals surface area contributed by atoms with Crippen LogP contribution >= 0.6 is 11.6 Å². The molecule has 1 aliphatic heterocycles. The number of alkyl halides is 1. The van der Waals surface area contributed by atoms with Gasteiger partial charge in [0.2, 0.25) is 4.87 Å². The summed E-state index contributed by atoms with van der Waals surface area (Å²) in [5.41, 5.74) is 0.846. The molecule has 26 heavy (non-hydrogen) atoms. The van der Waals surface area contributed by atoms with Crippen LogP contribution in [-0.2, 0) is 10.7 Å². The van der Waals surface area contributed by atoms with Crippen molar-refractivity contribution in [1.29, 1.82) is 0 Å². The predicted molar refractivity (Wildman–Crippen MR) is 92.4 cm³/mol. The fourth-order valence-electron chi connectivity index (χ4n) is 4.26. The van der Waals surface area contributed by atoms with Crippen molar-refractivity contribution in [3.8, 4) is 5.75 Å². The molecule has 0 saturated heterocycles. The molecule has 5 rings (SSSR count). The van der Waals surface area contributed by atoms with E-state index in [0.29, 0.717) is 23.1 Å². The third-order valence-electron chi connectivity index (χ3n) is 5.77. The number of Topliss-reactive ketones (excluding diaryl/α,β-unsaturated/α-hetero) is 1. The van der Waals surface area contributed by atoms with Crippen LogP contribution in [0, 0.1) is 16.0 Å². The summed E-state index contributed by atoms with van der Waals surface area (Å²) < 4.78 is 5.76. The van der Waals surface area contributed by atoms with Crippen LogP contribution in [0.4, 0.5) is 5.69 Å². The Hall–Kier alpha value is -2.44. The number of hydrogen-bond acceptors (Lipinski definition) is 5. The summed E-state index contributed by atoms with van der Waals surface area (Å²) in [5.74, 6) is -1.60. The second-order valence-electron chi connectivity index (χ2n) is 7.27. The van der Waals surface area contributed by atoms with Crippen LogP contribution in [-0.4, -0.2) is 15.8 Å². The highest BCUT2D eigenvalue weighted by Crippen LogP contribution is 2.63. The summed E-state index contributed by atoms with van der Waals surface area (Å²) in [4.78, 5) is 21.9. The van der Waals surface area contributed by atoms with E-state index in [-0.39, 0.29) is 16.8 Å². The van der Waals surface area contributed by atoms with Crippen LogP contribution in [0.25, 0.3) is 0 Å². The summed E-state index contributed by atoms with van der Waals surface area (Å²) in [6.45, 7) is 2.15. The lowest BCUT2D eigenvalue weighted by atomic mass is 9.90. The van der Waals surface area contributed by atoms with Gasteiger partial charge in [0.1, 0.15) is 11.3 Å². The molecular formula is C19H14ClNO5. The normalized spacial score (nSPS) is 33.3. The van der Waals surface area contributed by atoms with Crippen molar-refractivity contribution in [2.45, 2.75) is 29.9 Å². The average Bonchev–Trinajstić information content (AvgIpc) is 3.26. The van der Waals surface area contributed by atoms with Crippen molar-refractivity contribution in [3.05, 3.63) is 68.8 Å². The number of carbonyl (C=O) groups excluding carboxylic acids is 1. The minimum Gasteiger partial charge on any atom is -0.455 e. The van der Waals surface area contributed by atoms with Crippen molar-refractivity contribution in [3.63, 3.8) is 0 Å². The minimum atomic E-state index is -2.30. The van der Waals surface area contributed by atoms with E-state index in [1.165, 1.54) is 18.2 Å². The zero-order valence-electron chi connectivity index (χ0n) is 13.7. The van der Waals surface area contributed by atoms with E-state index in [1.807, 2.05) is 6.07 Å². The standard InChI is InChI=1S/C19H14ClNO5/c1-9-7-12(9)10-5-6-13-15(8-10)26-19(23)16-11(17(22)18(13,19)20)3-2-4-14(16)21(24)25/h2-6,8-9,12,23H,7H2,1H3/t9-,12?,18?,19?/m0/s1. The first kappa shape index (κ1) is 15.8. The van der Waals surface area contributed by atoms with E-state index >= 15 is 0 Å². The lowest BCUT2D eigenvalue weighted by Crippen LogP contribution is -2.44. The Balaban J connectivity index is 1.73. The van der Waals surface area contributed by atoms with Gasteiger partial charge < -0.3 is 9.84 Å². The fourth-order valence-corrected chi connectivity index (χ4v) is 4.65. The minimum absolute atomic E-state index is 0.0160. The number of fused-ring (bicyclic) bond motifs is 5. The van der Waals surface area contributed by atoms with E-state index in [9.17, 15) is 20.0 Å². The van der Waals surface area contributed by atoms with Gasteiger partial charge in [-0.25, -0.2) is 0 Å². The molecule has 2 aliphatic carbocycles. The number of hydrogen-bond donors (Lipinski definition) is 1. The fraction of sp³-hybridized carbons (Fsp3) is 0.316. The highest BCUT2D eigenvalue weighted by molar-refractivity contribution is 6.41. The molecule has 1 fully saturated rings. The molecule has 7 heteroatoms. The third-order valence-corrected chi connectivity index (χ3v) is 6.41. The second-order valence-corrected chi connectivity index (χ2v) is 7.83. The van der Waals surface area contributed by atoms with Gasteiger partial charge in [-0.15, -0.1) is 0 Å². The second kappa shape index (κ2) is 4.64. The van der Waals surface area contributed by atoms with Gasteiger partial charge in [-0.3, -0.25) is 14.9 Å². The number of carbonyl (C=O) groups is 1. The number of benzene rings is 2. The Morgan fingerprint density at radius 2 is 2.08 bits per heavy atom. The largest absolute Gasteiger partial charge is 0.455 e. The molecule has 0 radical (unpaired) electrons. The summed E-state index contributed by atoms with van der Waals surface area (Å²) in [7, 11) is 0. The number of nitro benzene ring substituents is 1. The van der Waals surface area contributed by atoms with Gasteiger partial charge in [0.15, 0.2) is 5.78 Å². The first-order chi connectivity index (χ1) is 12.3. The van der Waals surface area contributed by atoms with Crippen LogP contribution in [0.1, 0.15) is 46.3 Å². The maximum absolute atomic E-state index is 13.0. The van der Waals surface area contributed by atoms with Gasteiger partial charge in [0, 0.05) is 17.2 Å². The Morgan fingerprint density at radius 1 is 1.35 bits per heavy atom. The maximum atomic E-state index is 13.0. The van der Waals surface area contributed by atoms with Crippen LogP contribution < -0.4 is 4.74 Å². The molecule has 2 aromatic rings. The summed E-state index contributed by atoms with van der Waals surface area (Å²) in [6, 6.07) is 9.42. The first-order valence-corrected chi connectivity index (χ1v) is 8.74. The Morgan fingerprint density at radius 3 is 2.73 bits per heavy atom. The molecule has 4 atom stereocenters. The quantitative estimate of drug-likeness (QED) is 0.495. The summed E-state index contributed by atoms with van der Waals surface area (Å²) in [6.07, 6.45) is 1.07. The SMILES string of the molecule is C[C@H]1CC1c1ccc2c(c1)OC1(O)c3c(cccc3[N+](=O)[O-])C(=O)C21Cl. The molecule has 3 unspecified atom stereocenters.